The largest absolute Gasteiger partial charge is 0.316 e. The molecule has 2 rings (SSSR count). The van der Waals surface area contributed by atoms with E-state index in [0.29, 0.717) is 18.2 Å². The van der Waals surface area contributed by atoms with Gasteiger partial charge in [-0.2, -0.15) is 0 Å². The molecule has 0 aliphatic carbocycles. The molecule has 1 aromatic rings. The number of hydrogen-bond donors (Lipinski definition) is 2. The van der Waals surface area contributed by atoms with Crippen LogP contribution < -0.4 is 10.6 Å². The molecule has 1 aliphatic rings. The van der Waals surface area contributed by atoms with Gasteiger partial charge in [0.15, 0.2) is 0 Å². The number of rotatable bonds is 5. The third-order valence-electron chi connectivity index (χ3n) is 3.18. The molecular formula is C13H21Cl2N3OS. The Morgan fingerprint density at radius 1 is 1.50 bits per heavy atom. The van der Waals surface area contributed by atoms with Gasteiger partial charge in [0.25, 0.3) is 0 Å². The SMILES string of the molecule is CSc1ccc(NC(=O)CCC2CCNC2)nc1.Cl.Cl. The van der Waals surface area contributed by atoms with Crippen LogP contribution in [0.5, 0.6) is 0 Å². The number of carbonyl (C=O) groups excluding carboxylic acids is 1. The molecule has 1 amide bonds. The molecule has 0 saturated carbocycles. The first-order valence-electron chi connectivity index (χ1n) is 6.28. The maximum Gasteiger partial charge on any atom is 0.225 e. The van der Waals surface area contributed by atoms with Gasteiger partial charge >= 0.3 is 0 Å². The van der Waals surface area contributed by atoms with Crippen LogP contribution in [0.2, 0.25) is 0 Å². The van der Waals surface area contributed by atoms with E-state index >= 15 is 0 Å². The van der Waals surface area contributed by atoms with Crippen molar-refractivity contribution in [2.75, 3.05) is 24.7 Å². The third-order valence-corrected chi connectivity index (χ3v) is 3.89. The summed E-state index contributed by atoms with van der Waals surface area (Å²) in [5.41, 5.74) is 0. The number of hydrogen-bond acceptors (Lipinski definition) is 4. The Morgan fingerprint density at radius 2 is 2.30 bits per heavy atom. The molecule has 1 saturated heterocycles. The number of amides is 1. The van der Waals surface area contributed by atoms with Crippen LogP contribution in [0.1, 0.15) is 19.3 Å². The van der Waals surface area contributed by atoms with Gasteiger partial charge in [-0.15, -0.1) is 36.6 Å². The van der Waals surface area contributed by atoms with E-state index in [-0.39, 0.29) is 30.7 Å². The standard InChI is InChI=1S/C13H19N3OS.2ClH/c1-18-11-3-4-12(15-9-11)16-13(17)5-2-10-6-7-14-8-10;;/h3-4,9-10,14H,2,5-8H2,1H3,(H,15,16,17);2*1H. The molecule has 1 aromatic heterocycles. The zero-order valence-corrected chi connectivity index (χ0v) is 13.9. The number of thioether (sulfide) groups is 1. The van der Waals surface area contributed by atoms with E-state index in [0.717, 1.165) is 24.4 Å². The van der Waals surface area contributed by atoms with Gasteiger partial charge in [-0.1, -0.05) is 0 Å². The van der Waals surface area contributed by atoms with E-state index in [1.54, 1.807) is 18.0 Å². The molecular weight excluding hydrogens is 317 g/mol. The second kappa shape index (κ2) is 10.3. The van der Waals surface area contributed by atoms with Crippen molar-refractivity contribution in [2.24, 2.45) is 5.92 Å². The molecule has 20 heavy (non-hydrogen) atoms. The summed E-state index contributed by atoms with van der Waals surface area (Å²) in [6, 6.07) is 3.81. The second-order valence-corrected chi connectivity index (χ2v) is 5.41. The zero-order chi connectivity index (χ0) is 12.8. The van der Waals surface area contributed by atoms with Crippen molar-refractivity contribution in [1.82, 2.24) is 10.3 Å². The fraction of sp³-hybridized carbons (Fsp3) is 0.538. The average Bonchev–Trinajstić information content (AvgIpc) is 2.90. The first kappa shape index (κ1) is 19.5. The first-order valence-corrected chi connectivity index (χ1v) is 7.51. The molecule has 4 nitrogen and oxygen atoms in total. The number of pyridine rings is 1. The summed E-state index contributed by atoms with van der Waals surface area (Å²) in [5, 5.41) is 6.15. The van der Waals surface area contributed by atoms with Crippen LogP contribution in [0.4, 0.5) is 5.82 Å². The number of aromatic nitrogens is 1. The topological polar surface area (TPSA) is 54.0 Å². The van der Waals surface area contributed by atoms with Crippen molar-refractivity contribution < 1.29 is 4.79 Å². The Labute approximate surface area is 136 Å². The lowest BCUT2D eigenvalue weighted by Crippen LogP contribution is -2.15. The second-order valence-electron chi connectivity index (χ2n) is 4.53. The van der Waals surface area contributed by atoms with Gasteiger partial charge in [0, 0.05) is 17.5 Å². The van der Waals surface area contributed by atoms with Crippen LogP contribution in [0.3, 0.4) is 0 Å². The molecule has 0 bridgehead atoms. The Balaban J connectivity index is 0.00000180. The Hall–Kier alpha value is -0.490. The monoisotopic (exact) mass is 337 g/mol. The molecule has 0 aromatic carbocycles. The lowest BCUT2D eigenvalue weighted by Gasteiger charge is -2.08. The number of nitrogens with one attached hydrogen (secondary N) is 2. The summed E-state index contributed by atoms with van der Waals surface area (Å²) in [5.74, 6) is 1.36. The fourth-order valence-electron chi connectivity index (χ4n) is 2.08. The van der Waals surface area contributed by atoms with E-state index in [4.69, 9.17) is 0 Å². The summed E-state index contributed by atoms with van der Waals surface area (Å²) in [4.78, 5) is 17.1. The zero-order valence-electron chi connectivity index (χ0n) is 11.4. The lowest BCUT2D eigenvalue weighted by atomic mass is 10.0. The van der Waals surface area contributed by atoms with Crippen molar-refractivity contribution in [1.29, 1.82) is 0 Å². The highest BCUT2D eigenvalue weighted by atomic mass is 35.5. The van der Waals surface area contributed by atoms with Crippen LogP contribution in [-0.2, 0) is 4.79 Å². The molecule has 0 radical (unpaired) electrons. The van der Waals surface area contributed by atoms with Crippen LogP contribution in [0, 0.1) is 5.92 Å². The van der Waals surface area contributed by atoms with Gasteiger partial charge in [-0.25, -0.2) is 4.98 Å². The smallest absolute Gasteiger partial charge is 0.225 e. The average molecular weight is 338 g/mol. The van der Waals surface area contributed by atoms with Crippen molar-refractivity contribution in [3.8, 4) is 0 Å². The molecule has 2 heterocycles. The van der Waals surface area contributed by atoms with Gasteiger partial charge in [0.05, 0.1) is 0 Å². The fourth-order valence-corrected chi connectivity index (χ4v) is 2.44. The molecule has 7 heteroatoms. The molecule has 2 N–H and O–H groups in total. The normalized spacial score (nSPS) is 16.9. The van der Waals surface area contributed by atoms with Crippen LogP contribution in [-0.4, -0.2) is 30.2 Å². The predicted octanol–water partition coefficient (Wildman–Crippen LogP) is 2.98. The minimum atomic E-state index is 0. The maximum atomic E-state index is 11.7. The minimum Gasteiger partial charge on any atom is -0.316 e. The number of carbonyl (C=O) groups is 1. The first-order chi connectivity index (χ1) is 8.78. The van der Waals surface area contributed by atoms with E-state index < -0.39 is 0 Å². The van der Waals surface area contributed by atoms with Crippen molar-refractivity contribution in [3.05, 3.63) is 18.3 Å². The van der Waals surface area contributed by atoms with Crippen LogP contribution in [0.15, 0.2) is 23.2 Å². The van der Waals surface area contributed by atoms with E-state index in [1.807, 2.05) is 18.4 Å². The molecule has 1 atom stereocenters. The highest BCUT2D eigenvalue weighted by molar-refractivity contribution is 7.98. The summed E-state index contributed by atoms with van der Waals surface area (Å²) >= 11 is 1.64. The Morgan fingerprint density at radius 3 is 2.85 bits per heavy atom. The summed E-state index contributed by atoms with van der Waals surface area (Å²) in [6.45, 7) is 2.14. The Bertz CT molecular complexity index is 397. The van der Waals surface area contributed by atoms with Gasteiger partial charge in [0.2, 0.25) is 5.91 Å². The summed E-state index contributed by atoms with van der Waals surface area (Å²) < 4.78 is 0. The number of anilines is 1. The van der Waals surface area contributed by atoms with Gasteiger partial charge < -0.3 is 10.6 Å². The summed E-state index contributed by atoms with van der Waals surface area (Å²) in [6.07, 6.45) is 6.51. The highest BCUT2D eigenvalue weighted by Crippen LogP contribution is 2.16. The van der Waals surface area contributed by atoms with Crippen LogP contribution in [0.25, 0.3) is 0 Å². The minimum absolute atomic E-state index is 0. The van der Waals surface area contributed by atoms with E-state index in [1.165, 1.54) is 6.42 Å². The van der Waals surface area contributed by atoms with Crippen molar-refractivity contribution >= 4 is 48.3 Å². The van der Waals surface area contributed by atoms with Crippen LogP contribution >= 0.6 is 36.6 Å². The van der Waals surface area contributed by atoms with Crippen molar-refractivity contribution in [2.45, 2.75) is 24.2 Å². The quantitative estimate of drug-likeness (QED) is 0.811. The number of nitrogens with zero attached hydrogens (tertiary/aromatic N) is 1. The maximum absolute atomic E-state index is 11.7. The van der Waals surface area contributed by atoms with E-state index in [2.05, 4.69) is 15.6 Å². The molecule has 1 unspecified atom stereocenters. The lowest BCUT2D eigenvalue weighted by molar-refractivity contribution is -0.116. The third kappa shape index (κ3) is 6.31. The predicted molar refractivity (Wildman–Crippen MR) is 89.4 cm³/mol. The molecule has 114 valence electrons. The van der Waals surface area contributed by atoms with E-state index in [9.17, 15) is 4.79 Å². The van der Waals surface area contributed by atoms with Gasteiger partial charge in [0.1, 0.15) is 5.82 Å². The number of halogens is 2. The molecule has 0 spiro atoms. The van der Waals surface area contributed by atoms with Crippen molar-refractivity contribution in [3.63, 3.8) is 0 Å². The van der Waals surface area contributed by atoms with Gasteiger partial charge in [-0.05, 0) is 50.2 Å². The Kier molecular flexibility index (Phi) is 10.0. The van der Waals surface area contributed by atoms with Gasteiger partial charge in [-0.3, -0.25) is 4.79 Å². The highest BCUT2D eigenvalue weighted by Gasteiger charge is 2.15. The molecule has 1 aliphatic heterocycles. The summed E-state index contributed by atoms with van der Waals surface area (Å²) in [7, 11) is 0. The molecule has 1 fully saturated rings.